The zero-order valence-electron chi connectivity index (χ0n) is 9.14. The summed E-state index contributed by atoms with van der Waals surface area (Å²) in [6, 6.07) is 10.5. The lowest BCUT2D eigenvalue weighted by Gasteiger charge is -2.19. The molecule has 1 aromatic carbocycles. The molecule has 2 rings (SSSR count). The van der Waals surface area contributed by atoms with E-state index in [1.807, 2.05) is 6.07 Å². The lowest BCUT2D eigenvalue weighted by molar-refractivity contribution is 0.590. The van der Waals surface area contributed by atoms with E-state index >= 15 is 0 Å². The number of allylic oxidation sites excluding steroid dienone is 5. The summed E-state index contributed by atoms with van der Waals surface area (Å²) >= 11 is 0. The molecule has 0 fully saturated rings. The van der Waals surface area contributed by atoms with Crippen molar-refractivity contribution >= 4 is 5.70 Å². The fraction of sp³-hybridized carbons (Fsp3) is 0.143. The summed E-state index contributed by atoms with van der Waals surface area (Å²) in [7, 11) is 4.16. The number of rotatable bonds is 2. The molecule has 0 heterocycles. The van der Waals surface area contributed by atoms with Crippen LogP contribution in [0.4, 0.5) is 0 Å². The largest absolute Gasteiger partial charge is 0.377 e. The van der Waals surface area contributed by atoms with Gasteiger partial charge < -0.3 is 4.90 Å². The molecule has 0 aliphatic heterocycles. The highest BCUT2D eigenvalue weighted by molar-refractivity contribution is 5.73. The Balaban J connectivity index is 2.50. The molecule has 0 atom stereocenters. The molecule has 0 saturated carbocycles. The van der Waals surface area contributed by atoms with Gasteiger partial charge in [0, 0.05) is 14.1 Å². The van der Waals surface area contributed by atoms with Crippen LogP contribution < -0.4 is 0 Å². The van der Waals surface area contributed by atoms with Crippen molar-refractivity contribution < 1.29 is 0 Å². The minimum atomic E-state index is 1.26. The molecule has 0 aromatic heterocycles. The van der Waals surface area contributed by atoms with E-state index in [0.717, 1.165) is 0 Å². The van der Waals surface area contributed by atoms with Gasteiger partial charge in [0.15, 0.2) is 0 Å². The highest BCUT2D eigenvalue weighted by Crippen LogP contribution is 2.24. The smallest absolute Gasteiger partial charge is 0.0508 e. The number of hydrogen-bond acceptors (Lipinski definition) is 1. The van der Waals surface area contributed by atoms with Crippen molar-refractivity contribution in [2.45, 2.75) is 0 Å². The Hall–Kier alpha value is -1.76. The van der Waals surface area contributed by atoms with Crippen LogP contribution >= 0.6 is 0 Å². The van der Waals surface area contributed by atoms with Crippen molar-refractivity contribution in [1.29, 1.82) is 0 Å². The van der Waals surface area contributed by atoms with Crippen molar-refractivity contribution in [1.82, 2.24) is 4.90 Å². The molecule has 1 aliphatic rings. The second-order valence-corrected chi connectivity index (χ2v) is 3.78. The summed E-state index contributed by atoms with van der Waals surface area (Å²) in [5, 5.41) is 0. The van der Waals surface area contributed by atoms with Crippen LogP contribution in [0.2, 0.25) is 0 Å². The Morgan fingerprint density at radius 2 is 1.53 bits per heavy atom. The number of hydrogen-bond donors (Lipinski definition) is 0. The van der Waals surface area contributed by atoms with Gasteiger partial charge in [0.05, 0.1) is 5.70 Å². The minimum absolute atomic E-state index is 1.26. The molecule has 1 aromatic rings. The molecule has 1 heteroatoms. The second kappa shape index (κ2) is 4.18. The highest BCUT2D eigenvalue weighted by Gasteiger charge is 2.08. The molecule has 76 valence electrons. The van der Waals surface area contributed by atoms with Crippen molar-refractivity contribution in [3.05, 3.63) is 65.8 Å². The first-order valence-corrected chi connectivity index (χ1v) is 5.11. The highest BCUT2D eigenvalue weighted by atomic mass is 15.1. The zero-order chi connectivity index (χ0) is 10.7. The van der Waals surface area contributed by atoms with E-state index in [1.54, 1.807) is 0 Å². The summed E-state index contributed by atoms with van der Waals surface area (Å²) in [4.78, 5) is 2.16. The number of nitrogens with zero attached hydrogens (tertiary/aromatic N) is 1. The van der Waals surface area contributed by atoms with E-state index in [-0.39, 0.29) is 0 Å². The zero-order valence-corrected chi connectivity index (χ0v) is 9.14. The molecule has 0 radical (unpaired) electrons. The average Bonchev–Trinajstić information content (AvgIpc) is 2.72. The lowest BCUT2D eigenvalue weighted by Crippen LogP contribution is -2.11. The van der Waals surface area contributed by atoms with E-state index < -0.39 is 0 Å². The topological polar surface area (TPSA) is 3.24 Å². The first-order chi connectivity index (χ1) is 7.29. The monoisotopic (exact) mass is 197 g/mol. The fourth-order valence-corrected chi connectivity index (χ4v) is 1.81. The first kappa shape index (κ1) is 9.78. The lowest BCUT2D eigenvalue weighted by atomic mass is 10.1. The van der Waals surface area contributed by atoms with Gasteiger partial charge in [0.2, 0.25) is 0 Å². The van der Waals surface area contributed by atoms with Crippen molar-refractivity contribution in [2.24, 2.45) is 0 Å². The maximum Gasteiger partial charge on any atom is 0.0508 e. The summed E-state index contributed by atoms with van der Waals surface area (Å²) in [5.74, 6) is 0. The minimum Gasteiger partial charge on any atom is -0.377 e. The summed E-state index contributed by atoms with van der Waals surface area (Å²) in [6.45, 7) is 0. The average molecular weight is 197 g/mol. The third-order valence-corrected chi connectivity index (χ3v) is 2.43. The summed E-state index contributed by atoms with van der Waals surface area (Å²) < 4.78 is 0. The van der Waals surface area contributed by atoms with Crippen molar-refractivity contribution in [3.63, 3.8) is 0 Å². The van der Waals surface area contributed by atoms with Crippen LogP contribution in [0.15, 0.2) is 60.2 Å². The van der Waals surface area contributed by atoms with Crippen molar-refractivity contribution in [3.8, 4) is 0 Å². The third kappa shape index (κ3) is 2.01. The molecule has 0 spiro atoms. The van der Waals surface area contributed by atoms with Gasteiger partial charge >= 0.3 is 0 Å². The Morgan fingerprint density at radius 1 is 0.933 bits per heavy atom. The van der Waals surface area contributed by atoms with Gasteiger partial charge in [0.1, 0.15) is 0 Å². The van der Waals surface area contributed by atoms with Gasteiger partial charge in [-0.15, -0.1) is 0 Å². The van der Waals surface area contributed by atoms with Crippen LogP contribution in [0.5, 0.6) is 0 Å². The van der Waals surface area contributed by atoms with Crippen LogP contribution in [-0.2, 0) is 0 Å². The van der Waals surface area contributed by atoms with Crippen LogP contribution in [0, 0.1) is 0 Å². The van der Waals surface area contributed by atoms with Gasteiger partial charge in [-0.1, -0.05) is 54.6 Å². The van der Waals surface area contributed by atoms with Gasteiger partial charge in [-0.25, -0.2) is 0 Å². The molecule has 0 saturated heterocycles. The molecule has 0 bridgehead atoms. The predicted molar refractivity (Wildman–Crippen MR) is 65.3 cm³/mol. The van der Waals surface area contributed by atoms with E-state index in [1.165, 1.54) is 16.8 Å². The Bertz CT molecular complexity index is 408. The molecule has 15 heavy (non-hydrogen) atoms. The molecule has 0 unspecified atom stereocenters. The van der Waals surface area contributed by atoms with E-state index in [0.29, 0.717) is 0 Å². The van der Waals surface area contributed by atoms with Gasteiger partial charge in [0.25, 0.3) is 0 Å². The quantitative estimate of drug-likeness (QED) is 0.704. The van der Waals surface area contributed by atoms with Crippen LogP contribution in [0.3, 0.4) is 0 Å². The fourth-order valence-electron chi connectivity index (χ4n) is 1.81. The maximum atomic E-state index is 2.16. The van der Waals surface area contributed by atoms with Crippen molar-refractivity contribution in [2.75, 3.05) is 14.1 Å². The van der Waals surface area contributed by atoms with Crippen LogP contribution in [0.1, 0.15) is 5.56 Å². The van der Waals surface area contributed by atoms with Gasteiger partial charge in [-0.2, -0.15) is 0 Å². The van der Waals surface area contributed by atoms with Gasteiger partial charge in [-0.3, -0.25) is 0 Å². The maximum absolute atomic E-state index is 2.16. The van der Waals surface area contributed by atoms with Crippen LogP contribution in [0.25, 0.3) is 5.70 Å². The SMILES string of the molecule is CN(C)C(=C1C=CC=C1)c1ccccc1. The Morgan fingerprint density at radius 3 is 2.07 bits per heavy atom. The second-order valence-electron chi connectivity index (χ2n) is 3.78. The summed E-state index contributed by atoms with van der Waals surface area (Å²) in [5.41, 5.74) is 3.79. The molecule has 0 amide bonds. The van der Waals surface area contributed by atoms with Crippen LogP contribution in [-0.4, -0.2) is 19.0 Å². The molecule has 1 nitrogen and oxygen atoms in total. The Kier molecular flexibility index (Phi) is 2.72. The predicted octanol–water partition coefficient (Wildman–Crippen LogP) is 3.09. The molecule has 0 N–H and O–H groups in total. The standard InChI is InChI=1S/C14H15N/c1-15(2)14(13-10-6-7-11-13)12-8-4-3-5-9-12/h3-11H,1-2H3. The third-order valence-electron chi connectivity index (χ3n) is 2.43. The van der Waals surface area contributed by atoms with E-state index in [4.69, 9.17) is 0 Å². The van der Waals surface area contributed by atoms with E-state index in [2.05, 4.69) is 67.6 Å². The first-order valence-electron chi connectivity index (χ1n) is 5.11. The summed E-state index contributed by atoms with van der Waals surface area (Å²) in [6.07, 6.45) is 8.42. The van der Waals surface area contributed by atoms with Gasteiger partial charge in [-0.05, 0) is 11.1 Å². The number of benzene rings is 1. The molecular formula is C14H15N. The molecule has 1 aliphatic carbocycles. The molecular weight excluding hydrogens is 182 g/mol. The Labute approximate surface area is 91.0 Å². The van der Waals surface area contributed by atoms with E-state index in [9.17, 15) is 0 Å². The normalized spacial score (nSPS) is 13.3.